The topological polar surface area (TPSA) is 77.0 Å². The SMILES string of the molecule is NNC(Cc1ccnc(N)c1)c1c(F)cc(F)cc1F. The van der Waals surface area contributed by atoms with Gasteiger partial charge in [0.05, 0.1) is 6.04 Å². The highest BCUT2D eigenvalue weighted by molar-refractivity contribution is 5.34. The number of nitrogens with one attached hydrogen (secondary N) is 1. The Morgan fingerprint density at radius 3 is 2.35 bits per heavy atom. The van der Waals surface area contributed by atoms with Gasteiger partial charge in [-0.05, 0) is 24.1 Å². The van der Waals surface area contributed by atoms with E-state index in [0.717, 1.165) is 0 Å². The van der Waals surface area contributed by atoms with Crippen molar-refractivity contribution in [1.82, 2.24) is 10.4 Å². The molecule has 1 aromatic carbocycles. The average Bonchev–Trinajstić information content (AvgIpc) is 2.36. The fourth-order valence-electron chi connectivity index (χ4n) is 1.99. The Bertz CT molecular complexity index is 595. The second-order valence-electron chi connectivity index (χ2n) is 4.30. The number of pyridine rings is 1. The highest BCUT2D eigenvalue weighted by Crippen LogP contribution is 2.25. The van der Waals surface area contributed by atoms with Crippen LogP contribution in [0.5, 0.6) is 0 Å². The molecule has 1 heterocycles. The van der Waals surface area contributed by atoms with Crippen molar-refractivity contribution in [2.45, 2.75) is 12.5 Å². The summed E-state index contributed by atoms with van der Waals surface area (Å²) >= 11 is 0. The number of benzene rings is 1. The van der Waals surface area contributed by atoms with Crippen LogP contribution in [-0.2, 0) is 6.42 Å². The summed E-state index contributed by atoms with van der Waals surface area (Å²) in [5.74, 6) is 2.67. The molecule has 1 atom stereocenters. The van der Waals surface area contributed by atoms with Gasteiger partial charge in [-0.25, -0.2) is 18.2 Å². The number of nitrogens with two attached hydrogens (primary N) is 2. The third kappa shape index (κ3) is 3.06. The van der Waals surface area contributed by atoms with Crippen LogP contribution in [0, 0.1) is 17.5 Å². The maximum absolute atomic E-state index is 13.7. The van der Waals surface area contributed by atoms with Gasteiger partial charge in [-0.1, -0.05) is 0 Å². The molecule has 0 amide bonds. The standard InChI is InChI=1S/C13H13F3N4/c14-8-5-9(15)13(10(16)6-8)11(20-18)3-7-1-2-19-12(17)4-7/h1-2,4-6,11,20H,3,18H2,(H2,17,19). The second kappa shape index (κ2) is 5.89. The monoisotopic (exact) mass is 282 g/mol. The number of rotatable bonds is 4. The number of halogens is 3. The summed E-state index contributed by atoms with van der Waals surface area (Å²) in [6.07, 6.45) is 1.66. The molecule has 2 rings (SSSR count). The van der Waals surface area contributed by atoms with E-state index < -0.39 is 23.5 Å². The Hall–Kier alpha value is -2.12. The summed E-state index contributed by atoms with van der Waals surface area (Å²) in [6, 6.07) is 3.61. The van der Waals surface area contributed by atoms with Crippen molar-refractivity contribution in [3.8, 4) is 0 Å². The van der Waals surface area contributed by atoms with Crippen LogP contribution < -0.4 is 17.0 Å². The predicted octanol–water partition coefficient (Wildman–Crippen LogP) is 1.83. The third-order valence-electron chi connectivity index (χ3n) is 2.88. The van der Waals surface area contributed by atoms with E-state index in [4.69, 9.17) is 11.6 Å². The van der Waals surface area contributed by atoms with Crippen LogP contribution >= 0.6 is 0 Å². The van der Waals surface area contributed by atoms with Gasteiger partial charge in [-0.2, -0.15) is 0 Å². The molecule has 106 valence electrons. The van der Waals surface area contributed by atoms with Gasteiger partial charge >= 0.3 is 0 Å². The minimum atomic E-state index is -0.993. The quantitative estimate of drug-likeness (QED) is 0.590. The molecular formula is C13H13F3N4. The number of aromatic nitrogens is 1. The summed E-state index contributed by atoms with van der Waals surface area (Å²) in [6.45, 7) is 0. The molecule has 0 aliphatic heterocycles. The number of nitrogens with zero attached hydrogens (tertiary/aromatic N) is 1. The van der Waals surface area contributed by atoms with E-state index >= 15 is 0 Å². The molecule has 1 unspecified atom stereocenters. The van der Waals surface area contributed by atoms with Gasteiger partial charge in [0.2, 0.25) is 0 Å². The van der Waals surface area contributed by atoms with E-state index in [2.05, 4.69) is 10.4 Å². The molecule has 2 aromatic rings. The van der Waals surface area contributed by atoms with Crippen LogP contribution in [0.4, 0.5) is 19.0 Å². The summed E-state index contributed by atoms with van der Waals surface area (Å²) < 4.78 is 40.3. The molecule has 0 saturated carbocycles. The Labute approximate surface area is 113 Å². The minimum Gasteiger partial charge on any atom is -0.384 e. The zero-order valence-corrected chi connectivity index (χ0v) is 10.4. The Kier molecular flexibility index (Phi) is 4.21. The first kappa shape index (κ1) is 14.3. The smallest absolute Gasteiger partial charge is 0.133 e. The second-order valence-corrected chi connectivity index (χ2v) is 4.30. The molecule has 7 heteroatoms. The first-order chi connectivity index (χ1) is 9.51. The van der Waals surface area contributed by atoms with Crippen LogP contribution in [0.1, 0.15) is 17.2 Å². The lowest BCUT2D eigenvalue weighted by Gasteiger charge is -2.18. The van der Waals surface area contributed by atoms with E-state index in [1.807, 2.05) is 0 Å². The maximum Gasteiger partial charge on any atom is 0.133 e. The van der Waals surface area contributed by atoms with E-state index in [1.54, 1.807) is 12.1 Å². The fourth-order valence-corrected chi connectivity index (χ4v) is 1.99. The van der Waals surface area contributed by atoms with E-state index in [0.29, 0.717) is 23.5 Å². The Morgan fingerprint density at radius 2 is 1.80 bits per heavy atom. The molecular weight excluding hydrogens is 269 g/mol. The first-order valence-electron chi connectivity index (χ1n) is 5.82. The molecule has 0 spiro atoms. The number of hydrogen-bond donors (Lipinski definition) is 3. The van der Waals surface area contributed by atoms with Crippen LogP contribution in [0.3, 0.4) is 0 Å². The zero-order valence-electron chi connectivity index (χ0n) is 10.4. The van der Waals surface area contributed by atoms with Gasteiger partial charge in [-0.3, -0.25) is 11.3 Å². The molecule has 0 aliphatic carbocycles. The molecule has 20 heavy (non-hydrogen) atoms. The van der Waals surface area contributed by atoms with E-state index in [9.17, 15) is 13.2 Å². The van der Waals surface area contributed by atoms with E-state index in [1.165, 1.54) is 6.20 Å². The average molecular weight is 282 g/mol. The summed E-state index contributed by atoms with van der Waals surface area (Å²) in [4.78, 5) is 3.82. The number of nitrogen functional groups attached to an aromatic ring is 1. The van der Waals surface area contributed by atoms with Crippen molar-refractivity contribution in [2.24, 2.45) is 5.84 Å². The lowest BCUT2D eigenvalue weighted by Crippen LogP contribution is -2.31. The molecule has 0 fully saturated rings. The highest BCUT2D eigenvalue weighted by atomic mass is 19.1. The van der Waals surface area contributed by atoms with Gasteiger partial charge in [0.15, 0.2) is 0 Å². The lowest BCUT2D eigenvalue weighted by molar-refractivity contribution is 0.462. The number of hydrogen-bond acceptors (Lipinski definition) is 4. The van der Waals surface area contributed by atoms with Gasteiger partial charge in [0.25, 0.3) is 0 Å². The van der Waals surface area contributed by atoms with Crippen molar-refractivity contribution in [3.05, 3.63) is 59.0 Å². The largest absolute Gasteiger partial charge is 0.384 e. The molecule has 5 N–H and O–H groups in total. The molecule has 0 bridgehead atoms. The van der Waals surface area contributed by atoms with Crippen molar-refractivity contribution in [3.63, 3.8) is 0 Å². The van der Waals surface area contributed by atoms with Crippen LogP contribution in [-0.4, -0.2) is 4.98 Å². The molecule has 0 aliphatic rings. The number of anilines is 1. The highest BCUT2D eigenvalue weighted by Gasteiger charge is 2.21. The summed E-state index contributed by atoms with van der Waals surface area (Å²) in [5.41, 5.74) is 8.24. The van der Waals surface area contributed by atoms with Gasteiger partial charge < -0.3 is 5.73 Å². The van der Waals surface area contributed by atoms with Crippen molar-refractivity contribution >= 4 is 5.82 Å². The van der Waals surface area contributed by atoms with Gasteiger partial charge in [-0.15, -0.1) is 0 Å². The molecule has 0 radical (unpaired) electrons. The fraction of sp³-hybridized carbons (Fsp3) is 0.154. The van der Waals surface area contributed by atoms with Crippen molar-refractivity contribution in [1.29, 1.82) is 0 Å². The molecule has 1 aromatic heterocycles. The van der Waals surface area contributed by atoms with Crippen LogP contribution in [0.15, 0.2) is 30.5 Å². The van der Waals surface area contributed by atoms with Crippen molar-refractivity contribution < 1.29 is 13.2 Å². The van der Waals surface area contributed by atoms with Crippen LogP contribution in [0.25, 0.3) is 0 Å². The Balaban J connectivity index is 2.34. The van der Waals surface area contributed by atoms with E-state index in [-0.39, 0.29) is 12.0 Å². The predicted molar refractivity (Wildman–Crippen MR) is 68.7 cm³/mol. The zero-order chi connectivity index (χ0) is 14.7. The lowest BCUT2D eigenvalue weighted by atomic mass is 9.99. The molecule has 0 saturated heterocycles. The van der Waals surface area contributed by atoms with Gasteiger partial charge in [0, 0.05) is 23.9 Å². The Morgan fingerprint density at radius 1 is 1.15 bits per heavy atom. The van der Waals surface area contributed by atoms with Gasteiger partial charge in [0.1, 0.15) is 23.3 Å². The normalized spacial score (nSPS) is 12.4. The minimum absolute atomic E-state index is 0.183. The third-order valence-corrected chi connectivity index (χ3v) is 2.88. The van der Waals surface area contributed by atoms with Crippen LogP contribution in [0.2, 0.25) is 0 Å². The number of hydrazine groups is 1. The maximum atomic E-state index is 13.7. The summed E-state index contributed by atoms with van der Waals surface area (Å²) in [7, 11) is 0. The first-order valence-corrected chi connectivity index (χ1v) is 5.82. The summed E-state index contributed by atoms with van der Waals surface area (Å²) in [5, 5.41) is 0. The van der Waals surface area contributed by atoms with Crippen molar-refractivity contribution in [2.75, 3.05) is 5.73 Å². The molecule has 4 nitrogen and oxygen atoms in total.